The predicted molar refractivity (Wildman–Crippen MR) is 88.1 cm³/mol. The standard InChI is InChI=1S/C17H17FO7S/c1-23-17(12-5-3-2-4-6-12)25-15-11-13(7-8-14(15)18)16(19)24-9-10-26(20,21)22/h2-8,11,17H,9-10H2,1H3,(H,20,21,22)/p-1. The lowest BCUT2D eigenvalue weighted by Crippen LogP contribution is -2.15. The van der Waals surface area contributed by atoms with Crippen molar-refractivity contribution in [1.29, 1.82) is 0 Å². The minimum Gasteiger partial charge on any atom is -0.748 e. The van der Waals surface area contributed by atoms with E-state index in [1.54, 1.807) is 30.3 Å². The maximum atomic E-state index is 14.0. The van der Waals surface area contributed by atoms with Crippen molar-refractivity contribution in [3.05, 3.63) is 65.5 Å². The number of esters is 1. The van der Waals surface area contributed by atoms with Gasteiger partial charge >= 0.3 is 5.97 Å². The Labute approximate surface area is 150 Å². The number of ether oxygens (including phenoxy) is 3. The molecule has 0 bridgehead atoms. The van der Waals surface area contributed by atoms with Gasteiger partial charge in [-0.15, -0.1) is 0 Å². The van der Waals surface area contributed by atoms with Gasteiger partial charge in [-0.25, -0.2) is 17.6 Å². The molecule has 26 heavy (non-hydrogen) atoms. The smallest absolute Gasteiger partial charge is 0.338 e. The SMILES string of the molecule is COC(Oc1cc(C(=O)OCCS(=O)(=O)[O-])ccc1F)c1ccccc1. The van der Waals surface area contributed by atoms with Gasteiger partial charge in [-0.3, -0.25) is 0 Å². The molecule has 0 aromatic heterocycles. The third-order valence-corrected chi connectivity index (χ3v) is 3.92. The van der Waals surface area contributed by atoms with Crippen LogP contribution in [0.5, 0.6) is 5.75 Å². The number of hydrogen-bond donors (Lipinski definition) is 0. The summed E-state index contributed by atoms with van der Waals surface area (Å²) >= 11 is 0. The Balaban J connectivity index is 2.12. The highest BCUT2D eigenvalue weighted by Crippen LogP contribution is 2.26. The van der Waals surface area contributed by atoms with Crippen LogP contribution < -0.4 is 4.74 Å². The molecule has 140 valence electrons. The molecule has 0 aliphatic heterocycles. The molecule has 2 aromatic carbocycles. The van der Waals surface area contributed by atoms with Gasteiger partial charge in [0.15, 0.2) is 11.6 Å². The van der Waals surface area contributed by atoms with E-state index in [9.17, 15) is 22.2 Å². The van der Waals surface area contributed by atoms with E-state index < -0.39 is 40.6 Å². The lowest BCUT2D eigenvalue weighted by molar-refractivity contribution is -0.0583. The molecule has 0 fully saturated rings. The van der Waals surface area contributed by atoms with Crippen LogP contribution in [0, 0.1) is 5.82 Å². The zero-order chi connectivity index (χ0) is 19.2. The van der Waals surface area contributed by atoms with Crippen LogP contribution in [0.1, 0.15) is 22.2 Å². The molecule has 0 radical (unpaired) electrons. The largest absolute Gasteiger partial charge is 0.748 e. The van der Waals surface area contributed by atoms with E-state index in [0.717, 1.165) is 18.2 Å². The fraction of sp³-hybridized carbons (Fsp3) is 0.235. The van der Waals surface area contributed by atoms with E-state index in [2.05, 4.69) is 4.74 Å². The summed E-state index contributed by atoms with van der Waals surface area (Å²) in [6.07, 6.45) is -0.900. The first kappa shape index (κ1) is 19.8. The van der Waals surface area contributed by atoms with Crippen molar-refractivity contribution in [1.82, 2.24) is 0 Å². The Bertz CT molecular complexity index is 853. The van der Waals surface area contributed by atoms with Gasteiger partial charge in [0.1, 0.15) is 6.61 Å². The van der Waals surface area contributed by atoms with Crippen LogP contribution in [0.2, 0.25) is 0 Å². The number of methoxy groups -OCH3 is 1. The van der Waals surface area contributed by atoms with Gasteiger partial charge < -0.3 is 18.8 Å². The van der Waals surface area contributed by atoms with Crippen molar-refractivity contribution in [2.24, 2.45) is 0 Å². The number of hydrogen-bond acceptors (Lipinski definition) is 7. The normalized spacial score (nSPS) is 12.4. The Morgan fingerprint density at radius 3 is 2.50 bits per heavy atom. The summed E-state index contributed by atoms with van der Waals surface area (Å²) in [6.45, 7) is -0.594. The van der Waals surface area contributed by atoms with Gasteiger partial charge in [-0.1, -0.05) is 30.3 Å². The molecular weight excluding hydrogens is 367 g/mol. The van der Waals surface area contributed by atoms with Gasteiger partial charge in [-0.05, 0) is 18.2 Å². The molecule has 0 saturated heterocycles. The van der Waals surface area contributed by atoms with Gasteiger partial charge in [0.2, 0.25) is 6.29 Å². The second-order valence-electron chi connectivity index (χ2n) is 5.14. The predicted octanol–water partition coefficient (Wildman–Crippen LogP) is 2.25. The first-order chi connectivity index (χ1) is 12.3. The lowest BCUT2D eigenvalue weighted by Gasteiger charge is -2.18. The Morgan fingerprint density at radius 2 is 1.88 bits per heavy atom. The molecule has 0 saturated carbocycles. The van der Waals surface area contributed by atoms with Gasteiger partial charge in [0.25, 0.3) is 0 Å². The van der Waals surface area contributed by atoms with Crippen LogP contribution in [0.25, 0.3) is 0 Å². The minimum atomic E-state index is -4.50. The van der Waals surface area contributed by atoms with Crippen molar-refractivity contribution >= 4 is 16.1 Å². The first-order valence-electron chi connectivity index (χ1n) is 7.45. The summed E-state index contributed by atoms with van der Waals surface area (Å²) in [4.78, 5) is 11.9. The molecule has 0 aliphatic rings. The van der Waals surface area contributed by atoms with Crippen molar-refractivity contribution in [2.75, 3.05) is 19.5 Å². The number of carbonyl (C=O) groups excluding carboxylic acids is 1. The Morgan fingerprint density at radius 1 is 1.19 bits per heavy atom. The van der Waals surface area contributed by atoms with E-state index >= 15 is 0 Å². The first-order valence-corrected chi connectivity index (χ1v) is 9.02. The van der Waals surface area contributed by atoms with Crippen LogP contribution >= 0.6 is 0 Å². The molecule has 0 N–H and O–H groups in total. The van der Waals surface area contributed by atoms with Gasteiger partial charge in [0.05, 0.1) is 21.4 Å². The highest BCUT2D eigenvalue weighted by molar-refractivity contribution is 7.85. The number of carbonyl (C=O) groups is 1. The number of halogens is 1. The molecule has 0 amide bonds. The molecule has 9 heteroatoms. The molecule has 0 heterocycles. The van der Waals surface area contributed by atoms with Crippen LogP contribution in [0.15, 0.2) is 48.5 Å². The molecule has 2 aromatic rings. The Hall–Kier alpha value is -2.49. The zero-order valence-electron chi connectivity index (χ0n) is 13.8. The molecular formula is C17H16FO7S-. The summed E-state index contributed by atoms with van der Waals surface area (Å²) in [6, 6.07) is 12.1. The van der Waals surface area contributed by atoms with Gasteiger partial charge in [0, 0.05) is 12.7 Å². The average molecular weight is 383 g/mol. The molecule has 2 rings (SSSR count). The summed E-state index contributed by atoms with van der Waals surface area (Å²) in [5, 5.41) is 0. The molecule has 1 atom stereocenters. The topological polar surface area (TPSA) is 102 Å². The van der Waals surface area contributed by atoms with Crippen LogP contribution in [-0.4, -0.2) is 38.4 Å². The Kier molecular flexibility index (Phi) is 6.67. The highest BCUT2D eigenvalue weighted by atomic mass is 32.2. The van der Waals surface area contributed by atoms with Crippen LogP contribution in [0.3, 0.4) is 0 Å². The van der Waals surface area contributed by atoms with Gasteiger partial charge in [-0.2, -0.15) is 0 Å². The van der Waals surface area contributed by atoms with Crippen LogP contribution in [0.4, 0.5) is 4.39 Å². The summed E-state index contributed by atoms with van der Waals surface area (Å²) in [5.41, 5.74) is 0.579. The van der Waals surface area contributed by atoms with E-state index in [1.807, 2.05) is 0 Å². The second-order valence-corrected chi connectivity index (χ2v) is 6.66. The van der Waals surface area contributed by atoms with Crippen molar-refractivity contribution < 1.29 is 36.4 Å². The third kappa shape index (κ3) is 5.80. The van der Waals surface area contributed by atoms with Crippen molar-refractivity contribution in [3.63, 3.8) is 0 Å². The fourth-order valence-electron chi connectivity index (χ4n) is 2.02. The van der Waals surface area contributed by atoms with Crippen molar-refractivity contribution in [3.8, 4) is 5.75 Å². The summed E-state index contributed by atoms with van der Waals surface area (Å²) in [5.74, 6) is -2.72. The second kappa shape index (κ2) is 8.75. The number of benzene rings is 2. The van der Waals surface area contributed by atoms with E-state index in [1.165, 1.54) is 7.11 Å². The van der Waals surface area contributed by atoms with E-state index in [0.29, 0.717) is 5.56 Å². The quantitative estimate of drug-likeness (QED) is 0.391. The molecule has 7 nitrogen and oxygen atoms in total. The zero-order valence-corrected chi connectivity index (χ0v) is 14.6. The summed E-state index contributed by atoms with van der Waals surface area (Å²) < 4.78 is 60.9. The average Bonchev–Trinajstić information content (AvgIpc) is 2.60. The monoisotopic (exact) mass is 383 g/mol. The van der Waals surface area contributed by atoms with Crippen molar-refractivity contribution in [2.45, 2.75) is 6.29 Å². The third-order valence-electron chi connectivity index (χ3n) is 3.25. The lowest BCUT2D eigenvalue weighted by atomic mass is 10.2. The number of rotatable bonds is 8. The van der Waals surface area contributed by atoms with E-state index in [-0.39, 0.29) is 11.3 Å². The maximum absolute atomic E-state index is 14.0. The molecule has 0 spiro atoms. The minimum absolute atomic E-state index is 0.0624. The summed E-state index contributed by atoms with van der Waals surface area (Å²) in [7, 11) is -3.11. The molecule has 0 aliphatic carbocycles. The highest BCUT2D eigenvalue weighted by Gasteiger charge is 2.17. The van der Waals surface area contributed by atoms with Crippen LogP contribution in [-0.2, 0) is 19.6 Å². The molecule has 1 unspecified atom stereocenters. The maximum Gasteiger partial charge on any atom is 0.338 e. The fourth-order valence-corrected chi connectivity index (χ4v) is 2.31. The van der Waals surface area contributed by atoms with E-state index in [4.69, 9.17) is 9.47 Å².